The molecule has 3 fully saturated rings. The highest BCUT2D eigenvalue weighted by Gasteiger charge is 2.71. The fourth-order valence-electron chi connectivity index (χ4n) is 8.33. The molecule has 2 saturated carbocycles. The molecule has 3 atom stereocenters. The van der Waals surface area contributed by atoms with Crippen LogP contribution in [0.5, 0.6) is 0 Å². The third kappa shape index (κ3) is 4.72. The molecule has 0 radical (unpaired) electrons. The zero-order valence-corrected chi connectivity index (χ0v) is 25.2. The quantitative estimate of drug-likeness (QED) is 0.303. The maximum atomic E-state index is 16.0. The van der Waals surface area contributed by atoms with Gasteiger partial charge in [-0.1, -0.05) is 55.2 Å². The van der Waals surface area contributed by atoms with Crippen molar-refractivity contribution in [2.75, 3.05) is 18.5 Å². The molecule has 1 amide bonds. The third-order valence-corrected chi connectivity index (χ3v) is 11.2. The fraction of sp³-hybridized carbons (Fsp3) is 0.594. The molecule has 2 aromatic rings. The van der Waals surface area contributed by atoms with Crippen molar-refractivity contribution in [3.05, 3.63) is 63.4 Å². The van der Waals surface area contributed by atoms with Crippen LogP contribution in [-0.4, -0.2) is 52.5 Å². The maximum absolute atomic E-state index is 16.0. The number of aliphatic hydroxyl groups excluding tert-OH is 1. The number of amides is 1. The molecule has 2 spiro atoms. The summed E-state index contributed by atoms with van der Waals surface area (Å²) in [4.78, 5) is 14.5. The van der Waals surface area contributed by atoms with Crippen LogP contribution in [-0.2, 0) is 10.2 Å². The molecule has 1 saturated heterocycles. The first-order valence-electron chi connectivity index (χ1n) is 14.8. The Morgan fingerprint density at radius 2 is 1.76 bits per heavy atom. The van der Waals surface area contributed by atoms with E-state index >= 15 is 4.39 Å². The van der Waals surface area contributed by atoms with Crippen LogP contribution < -0.4 is 16.0 Å². The minimum absolute atomic E-state index is 0.0420. The molecule has 4 aliphatic rings. The first kappa shape index (κ1) is 29.3. The van der Waals surface area contributed by atoms with E-state index in [1.165, 1.54) is 0 Å². The van der Waals surface area contributed by atoms with Crippen molar-refractivity contribution in [3.63, 3.8) is 0 Å². The zero-order valence-electron chi connectivity index (χ0n) is 23.7. The molecule has 9 heteroatoms. The number of halogens is 3. The molecule has 6 rings (SSSR count). The Morgan fingerprint density at radius 3 is 2.44 bits per heavy atom. The van der Waals surface area contributed by atoms with Crippen LogP contribution in [0.2, 0.25) is 10.0 Å². The highest BCUT2D eigenvalue weighted by atomic mass is 35.5. The van der Waals surface area contributed by atoms with Gasteiger partial charge in [0.25, 0.3) is 0 Å². The van der Waals surface area contributed by atoms with Gasteiger partial charge in [0.1, 0.15) is 11.2 Å². The first-order valence-corrected chi connectivity index (χ1v) is 15.6. The van der Waals surface area contributed by atoms with Crippen molar-refractivity contribution >= 4 is 34.8 Å². The van der Waals surface area contributed by atoms with Crippen LogP contribution in [0.15, 0.2) is 36.4 Å². The van der Waals surface area contributed by atoms with Crippen LogP contribution in [0, 0.1) is 11.2 Å². The van der Waals surface area contributed by atoms with Gasteiger partial charge < -0.3 is 26.2 Å². The van der Waals surface area contributed by atoms with E-state index in [4.69, 9.17) is 23.2 Å². The van der Waals surface area contributed by atoms with Gasteiger partial charge in [0.05, 0.1) is 17.2 Å². The lowest BCUT2D eigenvalue weighted by Crippen LogP contribution is -2.61. The first-order chi connectivity index (χ1) is 19.4. The van der Waals surface area contributed by atoms with Crippen LogP contribution in [0.3, 0.4) is 0 Å². The molecule has 2 heterocycles. The van der Waals surface area contributed by atoms with Crippen molar-refractivity contribution < 1.29 is 19.4 Å². The van der Waals surface area contributed by atoms with Crippen molar-refractivity contribution in [1.29, 1.82) is 0 Å². The van der Waals surface area contributed by atoms with Gasteiger partial charge in [0.15, 0.2) is 0 Å². The number of benzene rings is 2. The zero-order chi connectivity index (χ0) is 29.2. The topological polar surface area (TPSA) is 93.6 Å². The summed E-state index contributed by atoms with van der Waals surface area (Å²) in [6.45, 7) is 4.82. The average Bonchev–Trinajstić information content (AvgIpc) is 3.39. The van der Waals surface area contributed by atoms with Crippen LogP contribution in [0.4, 0.5) is 10.1 Å². The Balaban J connectivity index is 1.46. The van der Waals surface area contributed by atoms with Crippen LogP contribution in [0.25, 0.3) is 0 Å². The second-order valence-corrected chi connectivity index (χ2v) is 14.5. The molecule has 222 valence electrons. The molecule has 2 aromatic carbocycles. The van der Waals surface area contributed by atoms with Crippen LogP contribution in [0.1, 0.15) is 82.3 Å². The summed E-state index contributed by atoms with van der Waals surface area (Å²) in [6, 6.07) is 10.5. The second-order valence-electron chi connectivity index (χ2n) is 13.6. The van der Waals surface area contributed by atoms with E-state index in [9.17, 15) is 15.0 Å². The summed E-state index contributed by atoms with van der Waals surface area (Å²) in [5.74, 6) is -1.14. The smallest absolute Gasteiger partial charge is 0.237 e. The Kier molecular flexibility index (Phi) is 7.48. The number of nitrogens with one attached hydrogen (secondary N) is 3. The van der Waals surface area contributed by atoms with Crippen LogP contribution >= 0.6 is 23.2 Å². The maximum Gasteiger partial charge on any atom is 0.237 e. The number of rotatable bonds is 5. The number of hydrogen-bond acceptors (Lipinski definition) is 5. The lowest BCUT2D eigenvalue weighted by atomic mass is 9.53. The molecule has 41 heavy (non-hydrogen) atoms. The van der Waals surface area contributed by atoms with Gasteiger partial charge in [0.2, 0.25) is 5.91 Å². The van der Waals surface area contributed by atoms with Crippen molar-refractivity contribution in [2.24, 2.45) is 5.41 Å². The van der Waals surface area contributed by atoms with E-state index in [1.807, 2.05) is 12.1 Å². The van der Waals surface area contributed by atoms with Gasteiger partial charge in [-0.2, -0.15) is 0 Å². The van der Waals surface area contributed by atoms with Gasteiger partial charge in [-0.05, 0) is 86.1 Å². The van der Waals surface area contributed by atoms with E-state index in [-0.39, 0.29) is 35.0 Å². The summed E-state index contributed by atoms with van der Waals surface area (Å²) < 4.78 is 16.0. The molecule has 5 N–H and O–H groups in total. The van der Waals surface area contributed by atoms with E-state index in [2.05, 4.69) is 29.8 Å². The molecule has 2 aliphatic heterocycles. The fourth-order valence-corrected chi connectivity index (χ4v) is 8.68. The van der Waals surface area contributed by atoms with Crippen molar-refractivity contribution in [1.82, 2.24) is 10.6 Å². The average molecular weight is 605 g/mol. The number of aliphatic hydroxyl groups is 2. The highest BCUT2D eigenvalue weighted by Crippen LogP contribution is 2.64. The summed E-state index contributed by atoms with van der Waals surface area (Å²) >= 11 is 12.8. The number of hydrogen-bond donors (Lipinski definition) is 5. The Morgan fingerprint density at radius 1 is 1.05 bits per heavy atom. The second kappa shape index (κ2) is 10.5. The SMILES string of the molecule is CC1(C)CCC2(CC1)N[C@@H](CN[C@H]1CC[C@@](O)(CO)CC1)[C@H](c1cccc(Cl)c1F)[C@]21C(=O)Nc2cc(Cl)ccc21. The highest BCUT2D eigenvalue weighted by molar-refractivity contribution is 6.31. The monoisotopic (exact) mass is 603 g/mol. The lowest BCUT2D eigenvalue weighted by Gasteiger charge is -2.50. The van der Waals surface area contributed by atoms with Gasteiger partial charge in [0, 0.05) is 40.8 Å². The normalized spacial score (nSPS) is 33.7. The summed E-state index contributed by atoms with van der Waals surface area (Å²) in [6.07, 6.45) is 5.92. The van der Waals surface area contributed by atoms with Crippen molar-refractivity contribution in [3.8, 4) is 0 Å². The van der Waals surface area contributed by atoms with E-state index in [0.29, 0.717) is 35.7 Å². The number of fused-ring (bicyclic) bond motifs is 3. The molecule has 0 aromatic heterocycles. The minimum atomic E-state index is -1.06. The lowest BCUT2D eigenvalue weighted by molar-refractivity contribution is -0.124. The molecule has 0 bridgehead atoms. The predicted molar refractivity (Wildman–Crippen MR) is 160 cm³/mol. The number of anilines is 1. The van der Waals surface area contributed by atoms with Gasteiger partial charge in [-0.3, -0.25) is 4.79 Å². The Labute approximate surface area is 251 Å². The standard InChI is InChI=1S/C32H40Cl2FN3O3/c1-29(2)12-14-31(15-13-29)32(22-7-6-19(33)16-24(22)37-28(32)40)26(21-4-3-5-23(34)27(21)35)25(38-31)17-36-20-8-10-30(41,18-39)11-9-20/h3-7,16,20,25-26,36,38-39,41H,8-15,17-18H2,1-2H3,(H,37,40)/t20-,25-,26-,30-,32+/m0/s1. The molecule has 2 aliphatic carbocycles. The van der Waals surface area contributed by atoms with E-state index in [1.54, 1.807) is 24.3 Å². The summed E-state index contributed by atoms with van der Waals surface area (Å²) in [5.41, 5.74) is -0.556. The minimum Gasteiger partial charge on any atom is -0.393 e. The van der Waals surface area contributed by atoms with Gasteiger partial charge in [-0.25, -0.2) is 4.39 Å². The predicted octanol–water partition coefficient (Wildman–Crippen LogP) is 5.67. The third-order valence-electron chi connectivity index (χ3n) is 10.7. The Bertz CT molecular complexity index is 1340. The van der Waals surface area contributed by atoms with Gasteiger partial charge >= 0.3 is 0 Å². The van der Waals surface area contributed by atoms with E-state index < -0.39 is 28.3 Å². The molecule has 6 nitrogen and oxygen atoms in total. The molecular weight excluding hydrogens is 564 g/mol. The number of carbonyl (C=O) groups excluding carboxylic acids is 1. The van der Waals surface area contributed by atoms with Gasteiger partial charge in [-0.15, -0.1) is 0 Å². The van der Waals surface area contributed by atoms with Crippen molar-refractivity contribution in [2.45, 2.75) is 99.8 Å². The van der Waals surface area contributed by atoms with E-state index in [0.717, 1.165) is 44.1 Å². The molecule has 0 unspecified atom stereocenters. The molecular formula is C32H40Cl2FN3O3. The Hall–Kier alpha value is -1.74. The summed E-state index contributed by atoms with van der Waals surface area (Å²) in [7, 11) is 0. The largest absolute Gasteiger partial charge is 0.393 e. The number of carbonyl (C=O) groups is 1. The summed E-state index contributed by atoms with van der Waals surface area (Å²) in [5, 5.41) is 31.5.